The van der Waals surface area contributed by atoms with Gasteiger partial charge in [-0.3, -0.25) is 0 Å². The van der Waals surface area contributed by atoms with Crippen LogP contribution in [-0.2, 0) is 10.1 Å². The standard InChI is InChI=1S/C9H12ClNO3S/c1-2-5-15(12,13)14-9-4-3-7(10)6-8(9)11/h3-4,6H,2,5,11H2,1H3. The summed E-state index contributed by atoms with van der Waals surface area (Å²) in [5, 5.41) is 0.438. The zero-order chi connectivity index (χ0) is 11.5. The van der Waals surface area contributed by atoms with Crippen LogP contribution in [0.25, 0.3) is 0 Å². The van der Waals surface area contributed by atoms with Gasteiger partial charge in [-0.05, 0) is 24.6 Å². The molecule has 0 heterocycles. The number of hydrogen-bond donors (Lipinski definition) is 1. The van der Waals surface area contributed by atoms with E-state index in [-0.39, 0.29) is 17.2 Å². The van der Waals surface area contributed by atoms with E-state index in [0.717, 1.165) is 0 Å². The first-order chi connectivity index (χ1) is 6.94. The van der Waals surface area contributed by atoms with Crippen molar-refractivity contribution in [2.75, 3.05) is 11.5 Å². The Morgan fingerprint density at radius 2 is 2.13 bits per heavy atom. The minimum absolute atomic E-state index is 0.0327. The van der Waals surface area contributed by atoms with Crippen LogP contribution in [0.15, 0.2) is 18.2 Å². The second-order valence-electron chi connectivity index (χ2n) is 3.03. The molecule has 0 atom stereocenters. The molecular weight excluding hydrogens is 238 g/mol. The maximum absolute atomic E-state index is 11.3. The highest BCUT2D eigenvalue weighted by Gasteiger charge is 2.13. The summed E-state index contributed by atoms with van der Waals surface area (Å²) in [6.07, 6.45) is 0.496. The highest BCUT2D eigenvalue weighted by Crippen LogP contribution is 2.26. The fraction of sp³-hybridized carbons (Fsp3) is 0.333. The fourth-order valence-electron chi connectivity index (χ4n) is 1.02. The van der Waals surface area contributed by atoms with Gasteiger partial charge >= 0.3 is 10.1 Å². The van der Waals surface area contributed by atoms with Crippen LogP contribution in [0, 0.1) is 0 Å². The van der Waals surface area contributed by atoms with E-state index in [1.807, 2.05) is 0 Å². The number of benzene rings is 1. The number of nitrogen functional groups attached to an aromatic ring is 1. The van der Waals surface area contributed by atoms with Crippen molar-refractivity contribution >= 4 is 27.4 Å². The lowest BCUT2D eigenvalue weighted by atomic mass is 10.3. The molecule has 0 spiro atoms. The van der Waals surface area contributed by atoms with Crippen molar-refractivity contribution in [1.29, 1.82) is 0 Å². The topological polar surface area (TPSA) is 69.4 Å². The predicted molar refractivity (Wildman–Crippen MR) is 60.6 cm³/mol. The molecule has 2 N–H and O–H groups in total. The van der Waals surface area contributed by atoms with Crippen molar-refractivity contribution in [2.45, 2.75) is 13.3 Å². The fourth-order valence-corrected chi connectivity index (χ4v) is 2.21. The van der Waals surface area contributed by atoms with E-state index < -0.39 is 10.1 Å². The summed E-state index contributed by atoms with van der Waals surface area (Å²) >= 11 is 5.66. The highest BCUT2D eigenvalue weighted by molar-refractivity contribution is 7.87. The monoisotopic (exact) mass is 249 g/mol. The lowest BCUT2D eigenvalue weighted by Crippen LogP contribution is -2.13. The maximum atomic E-state index is 11.3. The summed E-state index contributed by atoms with van der Waals surface area (Å²) in [4.78, 5) is 0. The predicted octanol–water partition coefficient (Wildman–Crippen LogP) is 2.04. The normalized spacial score (nSPS) is 11.3. The number of hydrogen-bond acceptors (Lipinski definition) is 4. The zero-order valence-corrected chi connectivity index (χ0v) is 9.81. The molecule has 1 rings (SSSR count). The molecule has 0 fully saturated rings. The van der Waals surface area contributed by atoms with E-state index >= 15 is 0 Å². The largest absolute Gasteiger partial charge is 0.396 e. The average Bonchev–Trinajstić information content (AvgIpc) is 2.09. The molecule has 0 unspecified atom stereocenters. The van der Waals surface area contributed by atoms with E-state index in [1.54, 1.807) is 6.92 Å². The van der Waals surface area contributed by atoms with Gasteiger partial charge in [0.25, 0.3) is 0 Å². The molecule has 0 amide bonds. The Kier molecular flexibility index (Phi) is 3.82. The summed E-state index contributed by atoms with van der Waals surface area (Å²) in [7, 11) is -3.54. The summed E-state index contributed by atoms with van der Waals surface area (Å²) in [6.45, 7) is 1.76. The molecule has 0 radical (unpaired) electrons. The van der Waals surface area contributed by atoms with Crippen LogP contribution in [0.5, 0.6) is 5.75 Å². The van der Waals surface area contributed by atoms with Crippen molar-refractivity contribution in [3.8, 4) is 5.75 Å². The van der Waals surface area contributed by atoms with Gasteiger partial charge in [-0.15, -0.1) is 0 Å². The minimum atomic E-state index is -3.54. The van der Waals surface area contributed by atoms with Gasteiger partial charge in [-0.1, -0.05) is 18.5 Å². The lowest BCUT2D eigenvalue weighted by molar-refractivity contribution is 0.486. The highest BCUT2D eigenvalue weighted by atomic mass is 35.5. The third kappa shape index (κ3) is 3.60. The van der Waals surface area contributed by atoms with Crippen LogP contribution >= 0.6 is 11.6 Å². The van der Waals surface area contributed by atoms with Crippen molar-refractivity contribution in [3.05, 3.63) is 23.2 Å². The molecule has 1 aromatic rings. The molecule has 0 aromatic heterocycles. The Labute approximate surface area is 94.1 Å². The first-order valence-electron chi connectivity index (χ1n) is 4.42. The van der Waals surface area contributed by atoms with Crippen LogP contribution < -0.4 is 9.92 Å². The minimum Gasteiger partial charge on any atom is -0.396 e. The van der Waals surface area contributed by atoms with Crippen LogP contribution in [-0.4, -0.2) is 14.2 Å². The molecular formula is C9H12ClNO3S. The molecule has 84 valence electrons. The van der Waals surface area contributed by atoms with Gasteiger partial charge in [0.1, 0.15) is 0 Å². The van der Waals surface area contributed by atoms with Crippen LogP contribution in [0.4, 0.5) is 5.69 Å². The van der Waals surface area contributed by atoms with Gasteiger partial charge in [0.2, 0.25) is 0 Å². The van der Waals surface area contributed by atoms with E-state index in [1.165, 1.54) is 18.2 Å². The maximum Gasteiger partial charge on any atom is 0.309 e. The molecule has 0 aliphatic heterocycles. The first kappa shape index (κ1) is 12.1. The number of rotatable bonds is 4. The summed E-state index contributed by atoms with van der Waals surface area (Å²) in [5.74, 6) is 0.0857. The molecule has 0 bridgehead atoms. The van der Waals surface area contributed by atoms with Gasteiger partial charge in [0.15, 0.2) is 5.75 Å². The van der Waals surface area contributed by atoms with Crippen molar-refractivity contribution in [3.63, 3.8) is 0 Å². The molecule has 6 heteroatoms. The smallest absolute Gasteiger partial charge is 0.309 e. The Hall–Kier alpha value is -0.940. The van der Waals surface area contributed by atoms with Crippen LogP contribution in [0.3, 0.4) is 0 Å². The van der Waals surface area contributed by atoms with Crippen LogP contribution in [0.1, 0.15) is 13.3 Å². The Bertz CT molecular complexity index is 445. The second-order valence-corrected chi connectivity index (χ2v) is 5.15. The molecule has 1 aromatic carbocycles. The molecule has 0 saturated heterocycles. The van der Waals surface area contributed by atoms with Crippen molar-refractivity contribution < 1.29 is 12.6 Å². The van der Waals surface area contributed by atoms with Gasteiger partial charge < -0.3 is 9.92 Å². The number of nitrogens with two attached hydrogens (primary N) is 1. The molecule has 4 nitrogen and oxygen atoms in total. The molecule has 0 aliphatic rings. The molecule has 15 heavy (non-hydrogen) atoms. The van der Waals surface area contributed by atoms with E-state index in [9.17, 15) is 8.42 Å². The van der Waals surface area contributed by atoms with Gasteiger partial charge in [-0.2, -0.15) is 8.42 Å². The Morgan fingerprint density at radius 1 is 1.47 bits per heavy atom. The molecule has 0 aliphatic carbocycles. The van der Waals surface area contributed by atoms with Gasteiger partial charge in [0, 0.05) is 5.02 Å². The van der Waals surface area contributed by atoms with E-state index in [4.69, 9.17) is 21.5 Å². The van der Waals surface area contributed by atoms with Crippen molar-refractivity contribution in [2.24, 2.45) is 0 Å². The third-order valence-electron chi connectivity index (χ3n) is 1.64. The summed E-state index contributed by atoms with van der Waals surface area (Å²) < 4.78 is 27.5. The van der Waals surface area contributed by atoms with E-state index in [0.29, 0.717) is 11.4 Å². The van der Waals surface area contributed by atoms with Crippen molar-refractivity contribution in [1.82, 2.24) is 0 Å². The van der Waals surface area contributed by atoms with E-state index in [2.05, 4.69) is 0 Å². The first-order valence-corrected chi connectivity index (χ1v) is 6.37. The SMILES string of the molecule is CCCS(=O)(=O)Oc1ccc(Cl)cc1N. The quantitative estimate of drug-likeness (QED) is 0.655. The Balaban J connectivity index is 2.90. The average molecular weight is 250 g/mol. The molecule has 0 saturated carbocycles. The Morgan fingerprint density at radius 3 is 2.67 bits per heavy atom. The number of halogens is 1. The van der Waals surface area contributed by atoms with Crippen LogP contribution in [0.2, 0.25) is 5.02 Å². The second kappa shape index (κ2) is 4.72. The third-order valence-corrected chi connectivity index (χ3v) is 3.22. The summed E-state index contributed by atoms with van der Waals surface area (Å²) in [6, 6.07) is 4.40. The zero-order valence-electron chi connectivity index (χ0n) is 8.23. The van der Waals surface area contributed by atoms with Gasteiger partial charge in [0.05, 0.1) is 11.4 Å². The summed E-state index contributed by atoms with van der Waals surface area (Å²) in [5.41, 5.74) is 5.76. The lowest BCUT2D eigenvalue weighted by Gasteiger charge is -2.08. The van der Waals surface area contributed by atoms with Gasteiger partial charge in [-0.25, -0.2) is 0 Å². The number of anilines is 1.